The van der Waals surface area contributed by atoms with E-state index in [1.54, 1.807) is 36.4 Å². The number of furan rings is 1. The Morgan fingerprint density at radius 3 is 2.34 bits per heavy atom. The van der Waals surface area contributed by atoms with Crippen molar-refractivity contribution in [3.8, 4) is 11.7 Å². The molecular formula is C22H19NO4S2. The zero-order chi connectivity index (χ0) is 20.4. The molecule has 2 heterocycles. The summed E-state index contributed by atoms with van der Waals surface area (Å²) in [6.45, 7) is 3.90. The number of hydrogen-bond acceptors (Lipinski definition) is 6. The van der Waals surface area contributed by atoms with Gasteiger partial charge in [-0.2, -0.15) is 4.98 Å². The van der Waals surface area contributed by atoms with E-state index >= 15 is 0 Å². The van der Waals surface area contributed by atoms with E-state index < -0.39 is 9.84 Å². The van der Waals surface area contributed by atoms with Crippen molar-refractivity contribution < 1.29 is 17.3 Å². The van der Waals surface area contributed by atoms with E-state index in [4.69, 9.17) is 8.83 Å². The van der Waals surface area contributed by atoms with Crippen molar-refractivity contribution in [2.45, 2.75) is 34.1 Å². The molecule has 0 aliphatic rings. The highest BCUT2D eigenvalue weighted by atomic mass is 32.2. The Balaban J connectivity index is 1.78. The molecule has 0 aliphatic heterocycles. The van der Waals surface area contributed by atoms with Gasteiger partial charge in [-0.1, -0.05) is 59.8 Å². The van der Waals surface area contributed by atoms with E-state index in [9.17, 15) is 8.42 Å². The monoisotopic (exact) mass is 425 g/mol. The minimum absolute atomic E-state index is 0.0273. The number of hydrogen-bond donors (Lipinski definition) is 0. The number of nitrogens with zero attached hydrogens (tertiary/aromatic N) is 1. The predicted molar refractivity (Wildman–Crippen MR) is 112 cm³/mol. The highest BCUT2D eigenvalue weighted by Gasteiger charge is 2.30. The molecule has 0 bridgehead atoms. The molecule has 2 aromatic carbocycles. The molecule has 0 aliphatic carbocycles. The van der Waals surface area contributed by atoms with Crippen LogP contribution in [0.25, 0.3) is 11.7 Å². The topological polar surface area (TPSA) is 73.3 Å². The minimum atomic E-state index is -3.85. The lowest BCUT2D eigenvalue weighted by atomic mass is 10.2. The third kappa shape index (κ3) is 4.02. The third-order valence-electron chi connectivity index (χ3n) is 4.44. The molecular weight excluding hydrogens is 406 g/mol. The average molecular weight is 426 g/mol. The minimum Gasteiger partial charge on any atom is -0.459 e. The number of thioether (sulfide) groups is 1. The van der Waals surface area contributed by atoms with E-state index in [1.807, 2.05) is 44.2 Å². The normalized spacial score (nSPS) is 12.8. The molecule has 0 spiro atoms. The first-order chi connectivity index (χ1) is 13.9. The average Bonchev–Trinajstić information content (AvgIpc) is 3.39. The number of aryl methyl sites for hydroxylation is 1. The second-order valence-electron chi connectivity index (χ2n) is 6.58. The van der Waals surface area contributed by atoms with Crippen molar-refractivity contribution >= 4 is 21.6 Å². The number of benzene rings is 2. The number of rotatable bonds is 6. The van der Waals surface area contributed by atoms with Crippen LogP contribution in [0.3, 0.4) is 0 Å². The summed E-state index contributed by atoms with van der Waals surface area (Å²) < 4.78 is 37.8. The Morgan fingerprint density at radius 2 is 1.69 bits per heavy atom. The van der Waals surface area contributed by atoms with Crippen molar-refractivity contribution in [3.05, 3.63) is 84.1 Å². The summed E-state index contributed by atoms with van der Waals surface area (Å²) in [5, 5.41) is 0.120. The molecule has 2 aromatic heterocycles. The lowest BCUT2D eigenvalue weighted by molar-refractivity contribution is 0.450. The first-order valence-electron chi connectivity index (χ1n) is 9.03. The number of sulfone groups is 1. The number of oxazole rings is 1. The van der Waals surface area contributed by atoms with Gasteiger partial charge in [-0.05, 0) is 43.7 Å². The predicted octanol–water partition coefficient (Wildman–Crippen LogP) is 5.93. The summed E-state index contributed by atoms with van der Waals surface area (Å²) in [5.74, 6) is 0.521. The van der Waals surface area contributed by atoms with Crippen LogP contribution < -0.4 is 0 Å². The molecule has 4 aromatic rings. The van der Waals surface area contributed by atoms with Crippen LogP contribution >= 0.6 is 11.8 Å². The first-order valence-corrected chi connectivity index (χ1v) is 11.4. The molecule has 0 amide bonds. The highest BCUT2D eigenvalue weighted by molar-refractivity contribution is 8.00. The summed E-state index contributed by atoms with van der Waals surface area (Å²) in [4.78, 5) is 4.48. The Morgan fingerprint density at radius 1 is 0.966 bits per heavy atom. The largest absolute Gasteiger partial charge is 0.459 e. The van der Waals surface area contributed by atoms with Crippen LogP contribution in [0.2, 0.25) is 0 Å². The highest BCUT2D eigenvalue weighted by Crippen LogP contribution is 2.41. The maximum absolute atomic E-state index is 13.3. The van der Waals surface area contributed by atoms with Crippen molar-refractivity contribution in [3.63, 3.8) is 0 Å². The number of aromatic nitrogens is 1. The van der Waals surface area contributed by atoms with Gasteiger partial charge in [0.05, 0.1) is 11.2 Å². The summed E-state index contributed by atoms with van der Waals surface area (Å²) in [6, 6.07) is 19.9. The lowest BCUT2D eigenvalue weighted by Gasteiger charge is -2.10. The molecule has 0 fully saturated rings. The van der Waals surface area contributed by atoms with Gasteiger partial charge in [-0.3, -0.25) is 0 Å². The van der Waals surface area contributed by atoms with Crippen LogP contribution in [-0.4, -0.2) is 13.4 Å². The standard InChI is InChI=1S/C22H19NO4S2/c1-15-10-12-18(13-11-15)29(24,25)21-22(27-20(23-21)19-9-6-14-26-19)28-16(2)17-7-4-3-5-8-17/h3-14,16H,1-2H3/t16-/m1/s1. The molecule has 0 N–H and O–H groups in total. The Kier molecular flexibility index (Phi) is 5.34. The van der Waals surface area contributed by atoms with Crippen molar-refractivity contribution in [1.82, 2.24) is 4.98 Å². The van der Waals surface area contributed by atoms with Crippen LogP contribution in [-0.2, 0) is 9.84 Å². The van der Waals surface area contributed by atoms with Gasteiger partial charge < -0.3 is 8.83 Å². The zero-order valence-corrected chi connectivity index (χ0v) is 17.5. The van der Waals surface area contributed by atoms with Crippen LogP contribution in [0.1, 0.15) is 23.3 Å². The van der Waals surface area contributed by atoms with Gasteiger partial charge in [0, 0.05) is 5.25 Å². The Hall–Kier alpha value is -2.77. The molecule has 148 valence electrons. The summed E-state index contributed by atoms with van der Waals surface area (Å²) in [7, 11) is -3.85. The van der Waals surface area contributed by atoms with E-state index in [0.29, 0.717) is 5.76 Å². The summed E-state index contributed by atoms with van der Waals surface area (Å²) in [5.41, 5.74) is 2.04. The van der Waals surface area contributed by atoms with Gasteiger partial charge in [0.1, 0.15) is 0 Å². The van der Waals surface area contributed by atoms with E-state index in [-0.39, 0.29) is 26.2 Å². The molecule has 5 nitrogen and oxygen atoms in total. The third-order valence-corrected chi connectivity index (χ3v) is 7.36. The second-order valence-corrected chi connectivity index (χ2v) is 9.75. The van der Waals surface area contributed by atoms with Crippen LogP contribution in [0.15, 0.2) is 96.8 Å². The van der Waals surface area contributed by atoms with Crippen molar-refractivity contribution in [2.24, 2.45) is 0 Å². The first kappa shape index (κ1) is 19.5. The maximum atomic E-state index is 13.3. The van der Waals surface area contributed by atoms with Gasteiger partial charge in [-0.25, -0.2) is 8.42 Å². The fourth-order valence-corrected chi connectivity index (χ4v) is 5.37. The lowest BCUT2D eigenvalue weighted by Crippen LogP contribution is -2.04. The van der Waals surface area contributed by atoms with Crippen LogP contribution in [0.4, 0.5) is 0 Å². The van der Waals surface area contributed by atoms with Crippen molar-refractivity contribution in [1.29, 1.82) is 0 Å². The van der Waals surface area contributed by atoms with Gasteiger partial charge >= 0.3 is 0 Å². The van der Waals surface area contributed by atoms with Crippen LogP contribution in [0.5, 0.6) is 0 Å². The molecule has 0 saturated carbocycles. The summed E-state index contributed by atoms with van der Waals surface area (Å²) >= 11 is 1.32. The molecule has 7 heteroatoms. The van der Waals surface area contributed by atoms with Gasteiger partial charge in [0.2, 0.25) is 20.0 Å². The molecule has 0 radical (unpaired) electrons. The summed E-state index contributed by atoms with van der Waals surface area (Å²) in [6.07, 6.45) is 1.49. The molecule has 0 unspecified atom stereocenters. The smallest absolute Gasteiger partial charge is 0.265 e. The fourth-order valence-electron chi connectivity index (χ4n) is 2.82. The van der Waals surface area contributed by atoms with Crippen molar-refractivity contribution in [2.75, 3.05) is 0 Å². The molecule has 0 saturated heterocycles. The Bertz CT molecular complexity index is 1200. The van der Waals surface area contributed by atoms with E-state index in [1.165, 1.54) is 18.0 Å². The fraction of sp³-hybridized carbons (Fsp3) is 0.136. The quantitative estimate of drug-likeness (QED) is 0.357. The maximum Gasteiger partial charge on any atom is 0.265 e. The van der Waals surface area contributed by atoms with E-state index in [0.717, 1.165) is 11.1 Å². The van der Waals surface area contributed by atoms with Gasteiger partial charge in [-0.15, -0.1) is 0 Å². The zero-order valence-electron chi connectivity index (χ0n) is 15.9. The van der Waals surface area contributed by atoms with Gasteiger partial charge in [0.15, 0.2) is 5.76 Å². The van der Waals surface area contributed by atoms with Gasteiger partial charge in [0.25, 0.3) is 5.89 Å². The second kappa shape index (κ2) is 7.93. The van der Waals surface area contributed by atoms with Crippen LogP contribution in [0, 0.1) is 6.92 Å². The molecule has 1 atom stereocenters. The SMILES string of the molecule is Cc1ccc(S(=O)(=O)c2nc(-c3ccco3)oc2S[C@H](C)c2ccccc2)cc1. The Labute approximate surface area is 173 Å². The van der Waals surface area contributed by atoms with E-state index in [2.05, 4.69) is 4.98 Å². The molecule has 4 rings (SSSR count). The molecule has 29 heavy (non-hydrogen) atoms.